The van der Waals surface area contributed by atoms with Crippen molar-refractivity contribution in [3.05, 3.63) is 76.7 Å². The zero-order chi connectivity index (χ0) is 27.2. The Hall–Kier alpha value is -3.79. The molecule has 0 radical (unpaired) electrons. The number of hydrogen-bond donors (Lipinski definition) is 2. The van der Waals surface area contributed by atoms with Crippen LogP contribution in [-0.4, -0.2) is 36.4 Å². The number of carbonyl (C=O) groups excluding carboxylic acids is 2. The molecule has 3 rings (SSSR count). The van der Waals surface area contributed by atoms with Gasteiger partial charge in [0.15, 0.2) is 6.10 Å². The molecule has 2 N–H and O–H groups in total. The minimum atomic E-state index is -3.90. The Balaban J connectivity index is 1.70. The lowest BCUT2D eigenvalue weighted by Crippen LogP contribution is -2.32. The van der Waals surface area contributed by atoms with Gasteiger partial charge in [-0.2, -0.15) is 0 Å². The molecule has 0 aliphatic carbocycles. The molecule has 2 aromatic carbocycles. The predicted molar refractivity (Wildman–Crippen MR) is 142 cm³/mol. The smallest absolute Gasteiger partial charge is 0.338 e. The van der Waals surface area contributed by atoms with Crippen molar-refractivity contribution in [2.24, 2.45) is 0 Å². The van der Waals surface area contributed by atoms with E-state index in [-0.39, 0.29) is 10.7 Å². The molecule has 1 heterocycles. The molecule has 3 aromatic rings. The van der Waals surface area contributed by atoms with Gasteiger partial charge in [-0.05, 0) is 88.1 Å². The van der Waals surface area contributed by atoms with Gasteiger partial charge >= 0.3 is 5.97 Å². The van der Waals surface area contributed by atoms with E-state index in [4.69, 9.17) is 4.74 Å². The summed E-state index contributed by atoms with van der Waals surface area (Å²) in [5, 5.41) is 2.72. The highest BCUT2D eigenvalue weighted by atomic mass is 32.2. The molecular weight excluding hydrogens is 492 g/mol. The van der Waals surface area contributed by atoms with Crippen LogP contribution in [0.1, 0.15) is 59.2 Å². The second-order valence-electron chi connectivity index (χ2n) is 8.90. The number of hydrogen-bond acceptors (Lipinski definition) is 7. The molecule has 196 valence electrons. The van der Waals surface area contributed by atoms with Crippen LogP contribution in [0.4, 0.5) is 11.5 Å². The van der Waals surface area contributed by atoms with E-state index in [9.17, 15) is 18.0 Å². The Bertz CT molecular complexity index is 1370. The average Bonchev–Trinajstić information content (AvgIpc) is 2.82. The van der Waals surface area contributed by atoms with E-state index >= 15 is 0 Å². The highest BCUT2D eigenvalue weighted by molar-refractivity contribution is 7.92. The lowest BCUT2D eigenvalue weighted by molar-refractivity contribution is -0.125. The molecule has 1 amide bonds. The summed E-state index contributed by atoms with van der Waals surface area (Å²) in [5.41, 5.74) is 3.41. The van der Waals surface area contributed by atoms with Gasteiger partial charge < -0.3 is 10.1 Å². The van der Waals surface area contributed by atoms with Crippen molar-refractivity contribution < 1.29 is 22.7 Å². The van der Waals surface area contributed by atoms with Gasteiger partial charge in [-0.1, -0.05) is 19.4 Å². The lowest BCUT2D eigenvalue weighted by atomic mass is 10.1. The number of nitrogens with one attached hydrogen (secondary N) is 2. The highest BCUT2D eigenvalue weighted by Gasteiger charge is 2.24. The molecule has 1 aromatic heterocycles. The zero-order valence-electron chi connectivity index (χ0n) is 21.7. The van der Waals surface area contributed by atoms with Crippen molar-refractivity contribution in [3.8, 4) is 0 Å². The lowest BCUT2D eigenvalue weighted by Gasteiger charge is -2.18. The molecule has 37 heavy (non-hydrogen) atoms. The molecule has 1 atom stereocenters. The number of ether oxygens (including phenoxy) is 1. The van der Waals surface area contributed by atoms with Crippen molar-refractivity contribution in [1.82, 2.24) is 9.97 Å². The molecule has 0 saturated heterocycles. The topological polar surface area (TPSA) is 127 Å². The van der Waals surface area contributed by atoms with Crippen molar-refractivity contribution in [3.63, 3.8) is 0 Å². The molecule has 0 aliphatic heterocycles. The monoisotopic (exact) mass is 524 g/mol. The van der Waals surface area contributed by atoms with Gasteiger partial charge in [0.05, 0.1) is 10.5 Å². The fraction of sp³-hybridized carbons (Fsp3) is 0.333. The molecule has 0 bridgehead atoms. The van der Waals surface area contributed by atoms with Gasteiger partial charge in [0, 0.05) is 17.4 Å². The second kappa shape index (κ2) is 12.0. The van der Waals surface area contributed by atoms with Crippen LogP contribution in [0.15, 0.2) is 53.4 Å². The van der Waals surface area contributed by atoms with E-state index in [1.165, 1.54) is 30.3 Å². The number of sulfonamides is 1. The van der Waals surface area contributed by atoms with Crippen LogP contribution in [0.5, 0.6) is 0 Å². The first-order valence-electron chi connectivity index (χ1n) is 12.0. The van der Waals surface area contributed by atoms with E-state index in [1.54, 1.807) is 26.0 Å². The van der Waals surface area contributed by atoms with Crippen molar-refractivity contribution >= 4 is 33.4 Å². The normalized spacial score (nSPS) is 12.0. The van der Waals surface area contributed by atoms with Crippen molar-refractivity contribution in [2.75, 3.05) is 10.0 Å². The van der Waals surface area contributed by atoms with Crippen LogP contribution >= 0.6 is 0 Å². The SMILES string of the molecule is CCCC[C@@H](OC(=O)c1ccc(C)c(C)c1)C(=O)Nc1ccc(S(=O)(=O)Nc2cc(C)nc(C)n2)cc1. The number of aromatic nitrogens is 2. The average molecular weight is 525 g/mol. The minimum absolute atomic E-state index is 0.00289. The van der Waals surface area contributed by atoms with Crippen LogP contribution in [0, 0.1) is 27.7 Å². The van der Waals surface area contributed by atoms with Gasteiger partial charge in [-0.25, -0.2) is 23.2 Å². The molecular formula is C27H32N4O5S. The van der Waals surface area contributed by atoms with Crippen LogP contribution in [-0.2, 0) is 19.6 Å². The van der Waals surface area contributed by atoms with Gasteiger partial charge in [0.2, 0.25) is 0 Å². The first-order valence-corrected chi connectivity index (χ1v) is 13.5. The standard InChI is InChI=1S/C27H32N4O5S/c1-6-7-8-24(36-27(33)21-10-9-17(2)18(3)15-21)26(32)30-22-11-13-23(14-12-22)37(34,35)31-25-16-19(4)28-20(5)29-25/h9-16,24H,6-8H2,1-5H3,(H,30,32)(H,28,29,31)/t24-/m1/s1. The number of aryl methyl sites for hydroxylation is 4. The molecule has 0 fully saturated rings. The summed E-state index contributed by atoms with van der Waals surface area (Å²) in [6, 6.07) is 12.5. The Morgan fingerprint density at radius 2 is 1.65 bits per heavy atom. The third-order valence-electron chi connectivity index (χ3n) is 5.74. The molecule has 0 aliphatic rings. The Labute approximate surface area is 217 Å². The van der Waals surface area contributed by atoms with E-state index in [0.29, 0.717) is 35.6 Å². The summed E-state index contributed by atoms with van der Waals surface area (Å²) in [5.74, 6) is -0.424. The molecule has 9 nitrogen and oxygen atoms in total. The maximum absolute atomic E-state index is 13.0. The van der Waals surface area contributed by atoms with E-state index in [0.717, 1.165) is 17.5 Å². The van der Waals surface area contributed by atoms with Crippen molar-refractivity contribution in [2.45, 2.75) is 64.9 Å². The van der Waals surface area contributed by atoms with Crippen LogP contribution in [0.3, 0.4) is 0 Å². The highest BCUT2D eigenvalue weighted by Crippen LogP contribution is 2.19. The Morgan fingerprint density at radius 3 is 2.27 bits per heavy atom. The summed E-state index contributed by atoms with van der Waals surface area (Å²) >= 11 is 0. The first-order chi connectivity index (χ1) is 17.5. The summed E-state index contributed by atoms with van der Waals surface area (Å²) in [6.07, 6.45) is 0.912. The van der Waals surface area contributed by atoms with E-state index in [2.05, 4.69) is 20.0 Å². The van der Waals surface area contributed by atoms with Gasteiger partial charge in [0.1, 0.15) is 11.6 Å². The largest absolute Gasteiger partial charge is 0.449 e. The minimum Gasteiger partial charge on any atom is -0.449 e. The number of anilines is 2. The van der Waals surface area contributed by atoms with Gasteiger partial charge in [0.25, 0.3) is 15.9 Å². The Morgan fingerprint density at radius 1 is 0.946 bits per heavy atom. The molecule has 0 spiro atoms. The molecule has 0 saturated carbocycles. The number of amides is 1. The summed E-state index contributed by atoms with van der Waals surface area (Å²) in [6.45, 7) is 9.26. The fourth-order valence-corrected chi connectivity index (χ4v) is 4.60. The third-order valence-corrected chi connectivity index (χ3v) is 7.11. The van der Waals surface area contributed by atoms with Gasteiger partial charge in [-0.15, -0.1) is 0 Å². The number of carbonyl (C=O) groups is 2. The quantitative estimate of drug-likeness (QED) is 0.362. The summed E-state index contributed by atoms with van der Waals surface area (Å²) < 4.78 is 33.5. The summed E-state index contributed by atoms with van der Waals surface area (Å²) in [7, 11) is -3.90. The van der Waals surface area contributed by atoms with E-state index in [1.807, 2.05) is 26.8 Å². The number of nitrogens with zero attached hydrogens (tertiary/aromatic N) is 2. The predicted octanol–water partition coefficient (Wildman–Crippen LogP) is 4.87. The van der Waals surface area contributed by atoms with Crippen LogP contribution < -0.4 is 10.0 Å². The summed E-state index contributed by atoms with van der Waals surface area (Å²) in [4.78, 5) is 33.9. The third kappa shape index (κ3) is 7.60. The van der Waals surface area contributed by atoms with Gasteiger partial charge in [-0.3, -0.25) is 9.52 Å². The maximum atomic E-state index is 13.0. The fourth-order valence-electron chi connectivity index (χ4n) is 3.60. The van der Waals surface area contributed by atoms with E-state index < -0.39 is 28.0 Å². The van der Waals surface area contributed by atoms with Crippen molar-refractivity contribution in [1.29, 1.82) is 0 Å². The first kappa shape index (κ1) is 27.8. The molecule has 10 heteroatoms. The van der Waals surface area contributed by atoms with Crippen LogP contribution in [0.25, 0.3) is 0 Å². The second-order valence-corrected chi connectivity index (χ2v) is 10.6. The Kier molecular flexibility index (Phi) is 8.99. The number of rotatable bonds is 10. The molecule has 0 unspecified atom stereocenters. The van der Waals surface area contributed by atoms with Crippen LogP contribution in [0.2, 0.25) is 0 Å². The number of unbranched alkanes of at least 4 members (excludes halogenated alkanes) is 1. The number of esters is 1. The zero-order valence-corrected chi connectivity index (χ0v) is 22.5. The maximum Gasteiger partial charge on any atom is 0.338 e. The number of benzene rings is 2.